The summed E-state index contributed by atoms with van der Waals surface area (Å²) in [5.41, 5.74) is -3.53. The number of sulfone groups is 1. The summed E-state index contributed by atoms with van der Waals surface area (Å²) in [6, 6.07) is 6.60. The van der Waals surface area contributed by atoms with Crippen LogP contribution in [0.3, 0.4) is 0 Å². The number of alkyl halides is 3. The van der Waals surface area contributed by atoms with E-state index in [0.717, 1.165) is 31.2 Å². The average molecular weight is 488 g/mol. The fraction of sp³-hybridized carbons (Fsp3) is 0.455. The number of carbonyl (C=O) groups excluding carboxylic acids is 1. The minimum absolute atomic E-state index is 0.211. The smallest absolute Gasteiger partial charge is 0.350 e. The number of benzene rings is 1. The Morgan fingerprint density at radius 1 is 1.15 bits per heavy atom. The Labute approximate surface area is 189 Å². The van der Waals surface area contributed by atoms with Crippen molar-refractivity contribution in [2.45, 2.75) is 55.7 Å². The largest absolute Gasteiger partial charge is 0.410 e. The standard InChI is InChI=1S/C22H25F4N3O3S/c1-20(10-11-20)29-19(30)18(14-33(31,32)13-17-5-3-4-12-27-17)28-21(2,22(24,25)26)15-6-8-16(23)9-7-15/h3-9,12,18,28H,10-11,13-14H2,1-2H3,(H,29,30)/t18-,21?/m0/s1. The van der Waals surface area contributed by atoms with Crippen LogP contribution < -0.4 is 10.6 Å². The second-order valence-corrected chi connectivity index (χ2v) is 10.9. The van der Waals surface area contributed by atoms with E-state index in [1.54, 1.807) is 19.1 Å². The van der Waals surface area contributed by atoms with Crippen LogP contribution in [-0.4, -0.2) is 42.8 Å². The minimum Gasteiger partial charge on any atom is -0.350 e. The molecule has 33 heavy (non-hydrogen) atoms. The normalized spacial score (nSPS) is 18.2. The van der Waals surface area contributed by atoms with Crippen LogP contribution in [0.1, 0.15) is 37.9 Å². The van der Waals surface area contributed by atoms with Crippen LogP contribution in [0.4, 0.5) is 17.6 Å². The molecule has 1 saturated carbocycles. The van der Waals surface area contributed by atoms with Crippen molar-refractivity contribution in [2.24, 2.45) is 0 Å². The van der Waals surface area contributed by atoms with Crippen LogP contribution in [0.2, 0.25) is 0 Å². The summed E-state index contributed by atoms with van der Waals surface area (Å²) in [5.74, 6) is -2.98. The highest BCUT2D eigenvalue weighted by atomic mass is 32.2. The second kappa shape index (κ2) is 9.02. The molecule has 0 radical (unpaired) electrons. The molecule has 1 fully saturated rings. The molecule has 0 spiro atoms. The van der Waals surface area contributed by atoms with Crippen molar-refractivity contribution in [1.29, 1.82) is 0 Å². The molecule has 11 heteroatoms. The molecular weight excluding hydrogens is 462 g/mol. The molecule has 1 aromatic carbocycles. The maximum atomic E-state index is 14.2. The Balaban J connectivity index is 1.93. The number of hydrogen-bond acceptors (Lipinski definition) is 5. The number of nitrogens with one attached hydrogen (secondary N) is 2. The van der Waals surface area contributed by atoms with Crippen molar-refractivity contribution < 1.29 is 30.8 Å². The van der Waals surface area contributed by atoms with E-state index < -0.39 is 56.4 Å². The molecule has 0 bridgehead atoms. The lowest BCUT2D eigenvalue weighted by Gasteiger charge is -2.37. The van der Waals surface area contributed by atoms with E-state index in [0.29, 0.717) is 12.8 Å². The zero-order chi connectivity index (χ0) is 24.5. The predicted octanol–water partition coefficient (Wildman–Crippen LogP) is 3.24. The summed E-state index contributed by atoms with van der Waals surface area (Å²) in [4.78, 5) is 16.9. The number of aromatic nitrogens is 1. The average Bonchev–Trinajstić information content (AvgIpc) is 3.43. The number of amides is 1. The van der Waals surface area contributed by atoms with Crippen LogP contribution in [0.5, 0.6) is 0 Å². The third kappa shape index (κ3) is 6.29. The highest BCUT2D eigenvalue weighted by Crippen LogP contribution is 2.40. The van der Waals surface area contributed by atoms with Gasteiger partial charge in [-0.2, -0.15) is 13.2 Å². The van der Waals surface area contributed by atoms with Gasteiger partial charge in [-0.15, -0.1) is 0 Å². The van der Waals surface area contributed by atoms with Gasteiger partial charge in [0.05, 0.1) is 17.2 Å². The fourth-order valence-electron chi connectivity index (χ4n) is 3.36. The summed E-state index contributed by atoms with van der Waals surface area (Å²) < 4.78 is 81.6. The highest BCUT2D eigenvalue weighted by Gasteiger charge is 2.54. The van der Waals surface area contributed by atoms with Crippen molar-refractivity contribution in [3.63, 3.8) is 0 Å². The molecular formula is C22H25F4N3O3S. The Kier molecular flexibility index (Phi) is 6.86. The van der Waals surface area contributed by atoms with Gasteiger partial charge in [-0.3, -0.25) is 15.1 Å². The summed E-state index contributed by atoms with van der Waals surface area (Å²) in [5, 5.41) is 4.88. The molecule has 2 atom stereocenters. The third-order valence-electron chi connectivity index (χ3n) is 5.71. The first kappa shape index (κ1) is 25.1. The summed E-state index contributed by atoms with van der Waals surface area (Å²) in [7, 11) is -4.03. The van der Waals surface area contributed by atoms with Gasteiger partial charge in [-0.05, 0) is 56.5 Å². The molecule has 1 aromatic heterocycles. The number of nitrogens with zero attached hydrogens (tertiary/aromatic N) is 1. The van der Waals surface area contributed by atoms with E-state index in [-0.39, 0.29) is 11.3 Å². The first-order valence-corrected chi connectivity index (χ1v) is 12.1. The van der Waals surface area contributed by atoms with E-state index in [2.05, 4.69) is 15.6 Å². The van der Waals surface area contributed by atoms with Crippen molar-refractivity contribution >= 4 is 15.7 Å². The van der Waals surface area contributed by atoms with E-state index in [9.17, 15) is 30.8 Å². The van der Waals surface area contributed by atoms with Crippen LogP contribution in [-0.2, 0) is 25.9 Å². The van der Waals surface area contributed by atoms with Gasteiger partial charge < -0.3 is 5.32 Å². The molecule has 1 amide bonds. The first-order chi connectivity index (χ1) is 15.2. The topological polar surface area (TPSA) is 88.2 Å². The lowest BCUT2D eigenvalue weighted by molar-refractivity contribution is -0.197. The van der Waals surface area contributed by atoms with E-state index in [1.807, 2.05) is 0 Å². The zero-order valence-corrected chi connectivity index (χ0v) is 18.9. The number of halogens is 4. The highest BCUT2D eigenvalue weighted by molar-refractivity contribution is 7.90. The predicted molar refractivity (Wildman–Crippen MR) is 114 cm³/mol. The van der Waals surface area contributed by atoms with Crippen molar-refractivity contribution in [3.8, 4) is 0 Å². The molecule has 0 saturated heterocycles. The maximum absolute atomic E-state index is 14.2. The Bertz CT molecular complexity index is 1090. The SMILES string of the molecule is CC1(NC(=O)[C@H](CS(=O)(=O)Cc2ccccn2)NC(C)(c2ccc(F)cc2)C(F)(F)F)CC1. The van der Waals surface area contributed by atoms with Crippen LogP contribution in [0, 0.1) is 5.82 Å². The molecule has 1 aliphatic rings. The zero-order valence-electron chi connectivity index (χ0n) is 18.1. The van der Waals surface area contributed by atoms with Gasteiger partial charge in [-0.25, -0.2) is 12.8 Å². The molecule has 180 valence electrons. The molecule has 1 heterocycles. The monoisotopic (exact) mass is 487 g/mol. The Morgan fingerprint density at radius 2 is 1.79 bits per heavy atom. The number of carbonyl (C=O) groups is 1. The van der Waals surface area contributed by atoms with Gasteiger partial charge in [0.15, 0.2) is 9.84 Å². The Hall–Kier alpha value is -2.53. The van der Waals surface area contributed by atoms with Crippen LogP contribution >= 0.6 is 0 Å². The molecule has 2 N–H and O–H groups in total. The second-order valence-electron chi connectivity index (χ2n) is 8.75. The van der Waals surface area contributed by atoms with Crippen molar-refractivity contribution in [2.75, 3.05) is 5.75 Å². The lowest BCUT2D eigenvalue weighted by Crippen LogP contribution is -2.61. The van der Waals surface area contributed by atoms with Crippen molar-refractivity contribution in [3.05, 3.63) is 65.7 Å². The molecule has 1 aliphatic carbocycles. The van der Waals surface area contributed by atoms with E-state index >= 15 is 0 Å². The number of rotatable bonds is 9. The molecule has 3 rings (SSSR count). The number of hydrogen-bond donors (Lipinski definition) is 2. The van der Waals surface area contributed by atoms with Crippen LogP contribution in [0.15, 0.2) is 48.7 Å². The van der Waals surface area contributed by atoms with Gasteiger partial charge in [0.2, 0.25) is 5.91 Å². The van der Waals surface area contributed by atoms with Crippen LogP contribution in [0.25, 0.3) is 0 Å². The van der Waals surface area contributed by atoms with Gasteiger partial charge in [-0.1, -0.05) is 18.2 Å². The number of pyridine rings is 1. The van der Waals surface area contributed by atoms with Gasteiger partial charge >= 0.3 is 6.18 Å². The molecule has 6 nitrogen and oxygen atoms in total. The van der Waals surface area contributed by atoms with Gasteiger partial charge in [0, 0.05) is 11.7 Å². The molecule has 0 aliphatic heterocycles. The van der Waals surface area contributed by atoms with Gasteiger partial charge in [0.25, 0.3) is 0 Å². The van der Waals surface area contributed by atoms with E-state index in [1.165, 1.54) is 12.3 Å². The van der Waals surface area contributed by atoms with Gasteiger partial charge in [0.1, 0.15) is 17.4 Å². The fourth-order valence-corrected chi connectivity index (χ4v) is 4.84. The quantitative estimate of drug-likeness (QED) is 0.531. The molecule has 2 aromatic rings. The Morgan fingerprint density at radius 3 is 2.30 bits per heavy atom. The van der Waals surface area contributed by atoms with E-state index in [4.69, 9.17) is 0 Å². The summed E-state index contributed by atoms with van der Waals surface area (Å²) in [6.45, 7) is 2.53. The first-order valence-electron chi connectivity index (χ1n) is 10.3. The maximum Gasteiger partial charge on any atom is 0.410 e. The van der Waals surface area contributed by atoms with Crippen molar-refractivity contribution in [1.82, 2.24) is 15.6 Å². The molecule has 1 unspecified atom stereocenters. The lowest BCUT2D eigenvalue weighted by atomic mass is 9.90. The third-order valence-corrected chi connectivity index (χ3v) is 7.28. The summed E-state index contributed by atoms with van der Waals surface area (Å²) in [6.07, 6.45) is -2.24. The minimum atomic E-state index is -4.92. The summed E-state index contributed by atoms with van der Waals surface area (Å²) >= 11 is 0.